The van der Waals surface area contributed by atoms with Crippen LogP contribution in [0, 0.1) is 13.8 Å². The lowest BCUT2D eigenvalue weighted by molar-refractivity contribution is -0.137. The molecule has 0 aliphatic heterocycles. The van der Waals surface area contributed by atoms with Crippen LogP contribution in [0.15, 0.2) is 88.9 Å². The number of aryl methyl sites for hydroxylation is 1. The van der Waals surface area contributed by atoms with Crippen LogP contribution in [0.1, 0.15) is 28.1 Å². The maximum absolute atomic E-state index is 13.7. The number of carbonyl (C=O) groups is 1. The summed E-state index contributed by atoms with van der Waals surface area (Å²) in [6.45, 7) is 2.63. The van der Waals surface area contributed by atoms with E-state index in [0.717, 1.165) is 10.4 Å². The lowest BCUT2D eigenvalue weighted by Crippen LogP contribution is -2.39. The molecule has 0 atom stereocenters. The number of para-hydroxylation sites is 1. The summed E-state index contributed by atoms with van der Waals surface area (Å²) in [4.78, 5) is 12.9. The molecule has 4 aromatic rings. The molecule has 0 saturated carbocycles. The van der Waals surface area contributed by atoms with Gasteiger partial charge in [-0.1, -0.05) is 42.5 Å². The lowest BCUT2D eigenvalue weighted by Gasteiger charge is -2.22. The number of alkyl halides is 3. The summed E-state index contributed by atoms with van der Waals surface area (Å²) in [5.41, 5.74) is 3.64. The summed E-state index contributed by atoms with van der Waals surface area (Å²) in [6, 6.07) is 19.8. The van der Waals surface area contributed by atoms with Crippen molar-refractivity contribution in [3.63, 3.8) is 0 Å². The molecule has 0 bridgehead atoms. The molecule has 4 rings (SSSR count). The predicted molar refractivity (Wildman–Crippen MR) is 160 cm³/mol. The number of nitrogens with one attached hydrogen (secondary N) is 1. The summed E-state index contributed by atoms with van der Waals surface area (Å²) in [5.74, 6) is -0.176. The Morgan fingerprint density at radius 2 is 1.61 bits per heavy atom. The Labute approximate surface area is 253 Å². The van der Waals surface area contributed by atoms with Crippen molar-refractivity contribution in [2.24, 2.45) is 5.10 Å². The number of hydrazone groups is 1. The molecule has 0 aliphatic carbocycles. The van der Waals surface area contributed by atoms with Crippen LogP contribution in [-0.2, 0) is 27.5 Å². The fourth-order valence-electron chi connectivity index (χ4n) is 4.71. The molecular weight excluding hydrogens is 597 g/mol. The van der Waals surface area contributed by atoms with Crippen molar-refractivity contribution in [3.8, 4) is 17.2 Å². The van der Waals surface area contributed by atoms with Crippen LogP contribution >= 0.6 is 0 Å². The Bertz CT molecular complexity index is 1770. The second kappa shape index (κ2) is 13.3. The number of methoxy groups -OCH3 is 2. The second-order valence-corrected chi connectivity index (χ2v) is 11.7. The smallest absolute Gasteiger partial charge is 0.418 e. The molecule has 0 saturated heterocycles. The van der Waals surface area contributed by atoms with E-state index in [2.05, 4.69) is 10.5 Å². The number of halogens is 3. The summed E-state index contributed by atoms with van der Waals surface area (Å²) in [5, 5.41) is 3.97. The van der Waals surface area contributed by atoms with Crippen LogP contribution in [0.4, 0.5) is 13.2 Å². The van der Waals surface area contributed by atoms with Gasteiger partial charge in [-0.2, -0.15) is 22.6 Å². The second-order valence-electron chi connectivity index (χ2n) is 9.75. The number of nitrogens with zero attached hydrogens (tertiary/aromatic N) is 3. The van der Waals surface area contributed by atoms with Crippen molar-refractivity contribution in [1.29, 1.82) is 0 Å². The van der Waals surface area contributed by atoms with E-state index in [-0.39, 0.29) is 22.9 Å². The first-order valence-corrected chi connectivity index (χ1v) is 14.7. The van der Waals surface area contributed by atoms with Crippen molar-refractivity contribution in [2.75, 3.05) is 20.8 Å². The first-order valence-electron chi connectivity index (χ1n) is 13.3. The molecule has 0 unspecified atom stereocenters. The van der Waals surface area contributed by atoms with Gasteiger partial charge in [-0.15, -0.1) is 0 Å². The average Bonchev–Trinajstić information content (AvgIpc) is 3.28. The van der Waals surface area contributed by atoms with Crippen molar-refractivity contribution in [1.82, 2.24) is 14.3 Å². The summed E-state index contributed by atoms with van der Waals surface area (Å²) in [6.07, 6.45) is -3.25. The molecule has 1 N–H and O–H groups in total. The normalized spacial score (nSPS) is 12.1. The molecule has 0 fully saturated rings. The van der Waals surface area contributed by atoms with E-state index in [1.165, 1.54) is 61.4 Å². The molecule has 3 aromatic carbocycles. The molecule has 1 heterocycles. The van der Waals surface area contributed by atoms with Gasteiger partial charge in [0.25, 0.3) is 5.91 Å². The highest BCUT2D eigenvalue weighted by atomic mass is 32.2. The number of hydrogen-bond donors (Lipinski definition) is 1. The molecular formula is C31H31F3N4O5S. The third-order valence-electron chi connectivity index (χ3n) is 6.83. The molecule has 1 amide bonds. The zero-order chi connectivity index (χ0) is 32.1. The van der Waals surface area contributed by atoms with Crippen LogP contribution < -0.4 is 14.9 Å². The topological polar surface area (TPSA) is 102 Å². The Morgan fingerprint density at radius 3 is 2.27 bits per heavy atom. The average molecular weight is 629 g/mol. The zero-order valence-electron chi connectivity index (χ0n) is 24.4. The molecule has 9 nitrogen and oxygen atoms in total. The van der Waals surface area contributed by atoms with Crippen molar-refractivity contribution < 1.29 is 35.9 Å². The first-order chi connectivity index (χ1) is 20.9. The minimum absolute atomic E-state index is 0.0318. The van der Waals surface area contributed by atoms with Gasteiger partial charge in [0.2, 0.25) is 10.0 Å². The molecule has 44 heavy (non-hydrogen) atoms. The Morgan fingerprint density at radius 1 is 0.955 bits per heavy atom. The van der Waals surface area contributed by atoms with Gasteiger partial charge in [0, 0.05) is 29.6 Å². The van der Waals surface area contributed by atoms with E-state index in [1.807, 2.05) is 0 Å². The highest BCUT2D eigenvalue weighted by Gasteiger charge is 2.34. The van der Waals surface area contributed by atoms with Crippen LogP contribution in [0.2, 0.25) is 0 Å². The largest absolute Gasteiger partial charge is 0.493 e. The number of aromatic nitrogens is 1. The van der Waals surface area contributed by atoms with Gasteiger partial charge >= 0.3 is 6.18 Å². The van der Waals surface area contributed by atoms with Gasteiger partial charge in [-0.3, -0.25) is 4.79 Å². The number of benzene rings is 3. The van der Waals surface area contributed by atoms with E-state index in [0.29, 0.717) is 28.3 Å². The number of ether oxygens (including phenoxy) is 2. The van der Waals surface area contributed by atoms with Crippen LogP contribution in [0.3, 0.4) is 0 Å². The van der Waals surface area contributed by atoms with Gasteiger partial charge < -0.3 is 14.0 Å². The highest BCUT2D eigenvalue weighted by Crippen LogP contribution is 2.35. The minimum atomic E-state index is -4.55. The quantitative estimate of drug-likeness (QED) is 0.175. The molecule has 0 spiro atoms. The standard InChI is InChI=1S/C31H31F3N4O5S/c1-21-16-24(22(2)38(21)27-13-9-8-12-26(27)31(32,33)34)18-35-36-30(39)20-37(19-23-10-6-5-7-11-23)44(40,41)25-14-15-28(42-3)29(17-25)43-4/h5-18H,19-20H2,1-4H3,(H,36,39)/b35-18+. The Kier molecular flexibility index (Phi) is 9.80. The van der Waals surface area contributed by atoms with E-state index >= 15 is 0 Å². The highest BCUT2D eigenvalue weighted by molar-refractivity contribution is 7.89. The molecule has 13 heteroatoms. The molecule has 232 valence electrons. The maximum Gasteiger partial charge on any atom is 0.418 e. The number of amides is 1. The number of carbonyl (C=O) groups excluding carboxylic acids is 1. The predicted octanol–water partition coefficient (Wildman–Crippen LogP) is 5.47. The summed E-state index contributed by atoms with van der Waals surface area (Å²) < 4.78 is 81.3. The van der Waals surface area contributed by atoms with Crippen LogP contribution in [0.25, 0.3) is 5.69 Å². The van der Waals surface area contributed by atoms with Gasteiger partial charge in [-0.05, 0) is 49.7 Å². The fraction of sp³-hybridized carbons (Fsp3) is 0.226. The molecule has 0 aliphatic rings. The third kappa shape index (κ3) is 7.12. The van der Waals surface area contributed by atoms with E-state index in [1.54, 1.807) is 50.2 Å². The summed E-state index contributed by atoms with van der Waals surface area (Å²) >= 11 is 0. The lowest BCUT2D eigenvalue weighted by atomic mass is 10.1. The van der Waals surface area contributed by atoms with E-state index in [4.69, 9.17) is 9.47 Å². The Hall–Kier alpha value is -4.62. The van der Waals surface area contributed by atoms with Crippen LogP contribution in [0.5, 0.6) is 11.5 Å². The third-order valence-corrected chi connectivity index (χ3v) is 8.62. The monoisotopic (exact) mass is 628 g/mol. The minimum Gasteiger partial charge on any atom is -0.493 e. The maximum atomic E-state index is 13.7. The van der Waals surface area contributed by atoms with Gasteiger partial charge in [0.1, 0.15) is 0 Å². The van der Waals surface area contributed by atoms with Crippen molar-refractivity contribution in [2.45, 2.75) is 31.5 Å². The van der Waals surface area contributed by atoms with E-state index in [9.17, 15) is 26.4 Å². The number of rotatable bonds is 11. The summed E-state index contributed by atoms with van der Waals surface area (Å²) in [7, 11) is -1.38. The Balaban J connectivity index is 1.57. The first kappa shape index (κ1) is 32.3. The van der Waals surface area contributed by atoms with Gasteiger partial charge in [-0.25, -0.2) is 13.8 Å². The van der Waals surface area contributed by atoms with Crippen molar-refractivity contribution >= 4 is 22.1 Å². The number of hydrogen-bond acceptors (Lipinski definition) is 6. The van der Waals surface area contributed by atoms with Gasteiger partial charge in [0.05, 0.1) is 43.1 Å². The number of sulfonamides is 1. The zero-order valence-corrected chi connectivity index (χ0v) is 25.2. The molecule has 1 aromatic heterocycles. The van der Waals surface area contributed by atoms with Crippen molar-refractivity contribution in [3.05, 3.63) is 107 Å². The molecule has 0 radical (unpaired) electrons. The van der Waals surface area contributed by atoms with Crippen LogP contribution in [-0.4, -0.2) is 50.2 Å². The van der Waals surface area contributed by atoms with Gasteiger partial charge in [0.15, 0.2) is 11.5 Å². The van der Waals surface area contributed by atoms with E-state index < -0.39 is 34.2 Å². The fourth-order valence-corrected chi connectivity index (χ4v) is 6.11. The SMILES string of the molecule is COc1ccc(S(=O)(=O)N(CC(=O)N/N=C/c2cc(C)n(-c3ccccc3C(F)(F)F)c2C)Cc2ccccc2)cc1OC.